The maximum Gasteiger partial charge on any atom is 0.257 e. The van der Waals surface area contributed by atoms with Crippen LogP contribution in [0.5, 0.6) is 0 Å². The molecule has 0 saturated heterocycles. The number of nitrogens with zero attached hydrogens (tertiary/aromatic N) is 2. The van der Waals surface area contributed by atoms with Crippen molar-refractivity contribution in [3.8, 4) is 0 Å². The van der Waals surface area contributed by atoms with E-state index < -0.39 is 23.3 Å². The van der Waals surface area contributed by atoms with Crippen LogP contribution in [-0.2, 0) is 6.54 Å². The highest BCUT2D eigenvalue weighted by Gasteiger charge is 2.27. The first kappa shape index (κ1) is 22.4. The minimum absolute atomic E-state index is 0.0118. The lowest BCUT2D eigenvalue weighted by Gasteiger charge is -2.23. The van der Waals surface area contributed by atoms with Crippen LogP contribution in [0.1, 0.15) is 84.5 Å². The van der Waals surface area contributed by atoms with E-state index in [0.717, 1.165) is 36.7 Å². The molecular weight excluding hydrogens is 430 g/mol. The molecule has 1 aromatic carbocycles. The van der Waals surface area contributed by atoms with Gasteiger partial charge in [0.2, 0.25) is 5.43 Å². The average molecular weight is 462 g/mol. The second-order valence-corrected chi connectivity index (χ2v) is 9.70. The van der Waals surface area contributed by atoms with Crippen LogP contribution in [0.25, 0.3) is 11.0 Å². The molecule has 2 aromatic heterocycles. The van der Waals surface area contributed by atoms with Crippen LogP contribution in [0.4, 0.5) is 0 Å². The Balaban J connectivity index is 1.41. The number of para-hydroxylation sites is 2. The maximum atomic E-state index is 13.2. The number of amides is 2. The molecule has 34 heavy (non-hydrogen) atoms. The van der Waals surface area contributed by atoms with E-state index >= 15 is 0 Å². The molecule has 1 unspecified atom stereocenters. The van der Waals surface area contributed by atoms with Crippen LogP contribution < -0.4 is 16.1 Å². The molecule has 2 aliphatic rings. The lowest BCUT2D eigenvalue weighted by molar-refractivity contribution is 0.0936. The highest BCUT2D eigenvalue weighted by molar-refractivity contribution is 5.99. The number of benzene rings is 1. The topological polar surface area (TPSA) is 109 Å². The van der Waals surface area contributed by atoms with Crippen molar-refractivity contribution in [1.29, 1.82) is 0 Å². The van der Waals surface area contributed by atoms with Crippen molar-refractivity contribution in [2.75, 3.05) is 0 Å². The Labute approximate surface area is 198 Å². The monoisotopic (exact) mass is 461 g/mol. The molecule has 5 rings (SSSR count). The Morgan fingerprint density at radius 1 is 1.06 bits per heavy atom. The average Bonchev–Trinajstić information content (AvgIpc) is 3.54. The molecule has 8 heteroatoms. The number of imidazole rings is 1. The molecule has 3 aromatic rings. The van der Waals surface area contributed by atoms with Crippen LogP contribution in [0, 0.1) is 5.92 Å². The molecule has 0 spiro atoms. The predicted octanol–water partition coefficient (Wildman–Crippen LogP) is 3.69. The van der Waals surface area contributed by atoms with Crippen molar-refractivity contribution in [3.63, 3.8) is 0 Å². The smallest absolute Gasteiger partial charge is 0.257 e. The predicted molar refractivity (Wildman–Crippen MR) is 130 cm³/mol. The van der Waals surface area contributed by atoms with E-state index in [-0.39, 0.29) is 17.2 Å². The lowest BCUT2D eigenvalue weighted by Crippen LogP contribution is -2.37. The normalized spacial score (nSPS) is 17.4. The third-order valence-electron chi connectivity index (χ3n) is 6.84. The van der Waals surface area contributed by atoms with Gasteiger partial charge >= 0.3 is 0 Å². The molecular formula is C26H31N5O3. The number of aromatic nitrogens is 3. The molecule has 2 heterocycles. The summed E-state index contributed by atoms with van der Waals surface area (Å²) in [7, 11) is 0. The Morgan fingerprint density at radius 2 is 1.76 bits per heavy atom. The summed E-state index contributed by atoms with van der Waals surface area (Å²) in [5, 5.41) is 5.78. The fourth-order valence-electron chi connectivity index (χ4n) is 4.74. The minimum Gasteiger partial charge on any atom is -0.352 e. The highest BCUT2D eigenvalue weighted by atomic mass is 16.2. The van der Waals surface area contributed by atoms with E-state index in [1.807, 2.05) is 35.8 Å². The maximum absolute atomic E-state index is 13.2. The van der Waals surface area contributed by atoms with Gasteiger partial charge in [-0.1, -0.05) is 31.4 Å². The third kappa shape index (κ3) is 4.90. The van der Waals surface area contributed by atoms with Crippen LogP contribution >= 0.6 is 0 Å². The molecule has 2 aliphatic carbocycles. The van der Waals surface area contributed by atoms with Crippen molar-refractivity contribution in [3.05, 3.63) is 63.8 Å². The fourth-order valence-corrected chi connectivity index (χ4v) is 4.74. The fraction of sp³-hybridized carbons (Fsp3) is 0.462. The molecule has 8 nitrogen and oxygen atoms in total. The largest absolute Gasteiger partial charge is 0.352 e. The zero-order valence-electron chi connectivity index (χ0n) is 19.5. The van der Waals surface area contributed by atoms with Crippen LogP contribution in [-0.4, -0.2) is 32.4 Å². The van der Waals surface area contributed by atoms with Crippen molar-refractivity contribution in [2.24, 2.45) is 5.92 Å². The Morgan fingerprint density at radius 3 is 2.47 bits per heavy atom. The van der Waals surface area contributed by atoms with Gasteiger partial charge in [-0.05, 0) is 50.7 Å². The van der Waals surface area contributed by atoms with E-state index in [9.17, 15) is 14.4 Å². The SMILES string of the molecule is CC(NC(=O)c1cn(CC2CCCCC2)cc(C(=O)NC2CC2)c1=O)c1nc2ccccc2[nH]1. The van der Waals surface area contributed by atoms with Gasteiger partial charge in [0.15, 0.2) is 0 Å². The molecule has 178 valence electrons. The lowest BCUT2D eigenvalue weighted by atomic mass is 9.89. The van der Waals surface area contributed by atoms with Crippen molar-refractivity contribution in [1.82, 2.24) is 25.2 Å². The third-order valence-corrected chi connectivity index (χ3v) is 6.84. The summed E-state index contributed by atoms with van der Waals surface area (Å²) >= 11 is 0. The molecule has 2 amide bonds. The number of hydrogen-bond donors (Lipinski definition) is 3. The number of rotatable bonds is 7. The van der Waals surface area contributed by atoms with Gasteiger partial charge in [-0.3, -0.25) is 14.4 Å². The standard InChI is InChI=1S/C26H31N5O3/c1-16(24-29-21-9-5-6-10-22(21)30-24)27-25(33)19-14-31(13-17-7-3-2-4-8-17)15-20(23(19)32)26(34)28-18-11-12-18/h5-6,9-10,14-18H,2-4,7-8,11-13H2,1H3,(H,27,33)(H,28,34)(H,29,30). The van der Waals surface area contributed by atoms with E-state index in [2.05, 4.69) is 20.6 Å². The number of nitrogens with one attached hydrogen (secondary N) is 3. The molecule has 0 aliphatic heterocycles. The summed E-state index contributed by atoms with van der Waals surface area (Å²) in [6, 6.07) is 7.34. The van der Waals surface area contributed by atoms with Crippen molar-refractivity contribution < 1.29 is 9.59 Å². The first-order valence-corrected chi connectivity index (χ1v) is 12.3. The second kappa shape index (κ2) is 9.44. The summed E-state index contributed by atoms with van der Waals surface area (Å²) < 4.78 is 1.86. The molecule has 3 N–H and O–H groups in total. The number of H-pyrrole nitrogens is 1. The summed E-state index contributed by atoms with van der Waals surface area (Å²) in [4.78, 5) is 47.0. The van der Waals surface area contributed by atoms with Gasteiger partial charge in [-0.25, -0.2) is 4.98 Å². The second-order valence-electron chi connectivity index (χ2n) is 9.70. The molecule has 0 radical (unpaired) electrons. The Hall–Kier alpha value is -3.42. The Kier molecular flexibility index (Phi) is 6.22. The summed E-state index contributed by atoms with van der Waals surface area (Å²) in [6.07, 6.45) is 11.0. The number of fused-ring (bicyclic) bond motifs is 1. The zero-order valence-corrected chi connectivity index (χ0v) is 19.5. The number of hydrogen-bond acceptors (Lipinski definition) is 4. The van der Waals surface area contributed by atoms with Gasteiger partial charge in [0, 0.05) is 25.0 Å². The van der Waals surface area contributed by atoms with E-state index in [0.29, 0.717) is 18.3 Å². The quantitative estimate of drug-likeness (QED) is 0.499. The van der Waals surface area contributed by atoms with Gasteiger partial charge in [0.05, 0.1) is 17.1 Å². The zero-order chi connectivity index (χ0) is 23.7. The first-order chi connectivity index (χ1) is 16.5. The molecule has 0 bridgehead atoms. The van der Waals surface area contributed by atoms with Gasteiger partial charge in [0.25, 0.3) is 11.8 Å². The van der Waals surface area contributed by atoms with E-state index in [1.165, 1.54) is 19.3 Å². The number of carbonyl (C=O) groups is 2. The van der Waals surface area contributed by atoms with Gasteiger partial charge in [-0.15, -0.1) is 0 Å². The highest BCUT2D eigenvalue weighted by Crippen LogP contribution is 2.25. The van der Waals surface area contributed by atoms with Crippen LogP contribution in [0.3, 0.4) is 0 Å². The summed E-state index contributed by atoms with van der Waals surface area (Å²) in [5.41, 5.74) is 1.18. The molecule has 2 fully saturated rings. The van der Waals surface area contributed by atoms with Gasteiger partial charge in [0.1, 0.15) is 17.0 Å². The van der Waals surface area contributed by atoms with E-state index in [1.54, 1.807) is 12.4 Å². The summed E-state index contributed by atoms with van der Waals surface area (Å²) in [5.74, 6) is 0.196. The molecule has 1 atom stereocenters. The van der Waals surface area contributed by atoms with Gasteiger partial charge in [-0.2, -0.15) is 0 Å². The van der Waals surface area contributed by atoms with Crippen molar-refractivity contribution in [2.45, 2.75) is 70.5 Å². The Bertz CT molecular complexity index is 1230. The summed E-state index contributed by atoms with van der Waals surface area (Å²) in [6.45, 7) is 2.52. The molecule has 2 saturated carbocycles. The number of carbonyl (C=O) groups excluding carboxylic acids is 2. The number of aromatic amines is 1. The van der Waals surface area contributed by atoms with Crippen LogP contribution in [0.15, 0.2) is 41.5 Å². The number of pyridine rings is 1. The van der Waals surface area contributed by atoms with Crippen LogP contribution in [0.2, 0.25) is 0 Å². The van der Waals surface area contributed by atoms with E-state index in [4.69, 9.17) is 0 Å². The first-order valence-electron chi connectivity index (χ1n) is 12.3. The minimum atomic E-state index is -0.535. The van der Waals surface area contributed by atoms with Crippen molar-refractivity contribution >= 4 is 22.8 Å². The van der Waals surface area contributed by atoms with Gasteiger partial charge < -0.3 is 20.2 Å².